The Morgan fingerprint density at radius 1 is 1.07 bits per heavy atom. The smallest absolute Gasteiger partial charge is 0.262 e. The Hall–Kier alpha value is -4.68. The number of rotatable bonds is 5. The number of pyridine rings is 1. The van der Waals surface area contributed by atoms with E-state index in [0.29, 0.717) is 40.1 Å². The number of para-hydroxylation sites is 1. The maximum absolute atomic E-state index is 15.1. The quantitative estimate of drug-likeness (QED) is 0.282. The first-order valence-electron chi connectivity index (χ1n) is 13.7. The van der Waals surface area contributed by atoms with Crippen molar-refractivity contribution in [2.24, 2.45) is 0 Å². The molecule has 3 aromatic heterocycles. The fourth-order valence-electron chi connectivity index (χ4n) is 5.62. The third-order valence-electron chi connectivity index (χ3n) is 7.74. The van der Waals surface area contributed by atoms with E-state index in [9.17, 15) is 9.59 Å². The summed E-state index contributed by atoms with van der Waals surface area (Å²) in [4.78, 5) is 44.0. The van der Waals surface area contributed by atoms with Gasteiger partial charge in [-0.2, -0.15) is 4.98 Å². The van der Waals surface area contributed by atoms with Gasteiger partial charge in [-0.25, -0.2) is 14.4 Å². The van der Waals surface area contributed by atoms with Crippen LogP contribution in [0.15, 0.2) is 65.0 Å². The van der Waals surface area contributed by atoms with Gasteiger partial charge in [0.05, 0.1) is 22.5 Å². The lowest BCUT2D eigenvalue weighted by atomic mass is 9.98. The van der Waals surface area contributed by atoms with Crippen molar-refractivity contribution in [2.45, 2.75) is 19.4 Å². The maximum atomic E-state index is 15.1. The molecule has 0 bridgehead atoms. The maximum Gasteiger partial charge on any atom is 0.262 e. The lowest BCUT2D eigenvalue weighted by molar-refractivity contribution is -0.119. The molecule has 5 heterocycles. The summed E-state index contributed by atoms with van der Waals surface area (Å²) in [6.45, 7) is 4.98. The van der Waals surface area contributed by atoms with Crippen molar-refractivity contribution >= 4 is 51.3 Å². The summed E-state index contributed by atoms with van der Waals surface area (Å²) in [7, 11) is 0. The van der Waals surface area contributed by atoms with Gasteiger partial charge in [0.15, 0.2) is 0 Å². The van der Waals surface area contributed by atoms with Crippen LogP contribution >= 0.6 is 11.3 Å². The van der Waals surface area contributed by atoms with Crippen LogP contribution in [0.5, 0.6) is 0 Å². The van der Waals surface area contributed by atoms with Crippen molar-refractivity contribution in [3.63, 3.8) is 0 Å². The molecule has 1 atom stereocenters. The van der Waals surface area contributed by atoms with Crippen LogP contribution in [0.25, 0.3) is 22.3 Å². The molecule has 2 aliphatic rings. The van der Waals surface area contributed by atoms with E-state index >= 15 is 4.39 Å². The number of piperazine rings is 1. The number of carbonyl (C=O) groups is 1. The molecule has 10 nitrogen and oxygen atoms in total. The van der Waals surface area contributed by atoms with Crippen molar-refractivity contribution in [1.82, 2.24) is 24.8 Å². The number of benzene rings is 2. The number of carbonyl (C=O) groups excluding carboxylic acids is 1. The average molecular weight is 583 g/mol. The topological polar surface area (TPSA) is 117 Å². The van der Waals surface area contributed by atoms with Gasteiger partial charge in [0.1, 0.15) is 17.5 Å². The number of hydrogen-bond acceptors (Lipinski definition) is 9. The van der Waals surface area contributed by atoms with Crippen LogP contribution in [0.1, 0.15) is 16.5 Å². The van der Waals surface area contributed by atoms with E-state index in [2.05, 4.69) is 30.9 Å². The number of halogens is 1. The van der Waals surface area contributed by atoms with Gasteiger partial charge in [-0.05, 0) is 42.8 Å². The Kier molecular flexibility index (Phi) is 6.63. The third kappa shape index (κ3) is 4.68. The summed E-state index contributed by atoms with van der Waals surface area (Å²) in [6, 6.07) is 13.4. The van der Waals surface area contributed by atoms with Gasteiger partial charge in [-0.1, -0.05) is 18.2 Å². The summed E-state index contributed by atoms with van der Waals surface area (Å²) in [5, 5.41) is 9.86. The number of amides is 1. The lowest BCUT2D eigenvalue weighted by Crippen LogP contribution is -2.43. The molecule has 7 rings (SSSR count). The molecule has 2 aliphatic heterocycles. The fraction of sp³-hybridized carbons (Fsp3) is 0.233. The van der Waals surface area contributed by atoms with Crippen LogP contribution in [0.4, 0.5) is 27.4 Å². The van der Waals surface area contributed by atoms with Crippen molar-refractivity contribution < 1.29 is 9.18 Å². The third-order valence-corrected chi connectivity index (χ3v) is 8.50. The van der Waals surface area contributed by atoms with Crippen molar-refractivity contribution in [2.75, 3.05) is 41.7 Å². The predicted octanol–water partition coefficient (Wildman–Crippen LogP) is 4.25. The zero-order valence-corrected chi connectivity index (χ0v) is 23.5. The van der Waals surface area contributed by atoms with E-state index in [1.165, 1.54) is 22.0 Å². The molecule has 2 aromatic carbocycles. The van der Waals surface area contributed by atoms with Gasteiger partial charge < -0.3 is 20.9 Å². The minimum Gasteiger partial charge on any atom is -0.367 e. The molecule has 1 unspecified atom stereocenters. The molecule has 42 heavy (non-hydrogen) atoms. The largest absolute Gasteiger partial charge is 0.367 e. The molecule has 0 aliphatic carbocycles. The summed E-state index contributed by atoms with van der Waals surface area (Å²) in [5.41, 5.74) is 5.23. The highest BCUT2D eigenvalue weighted by Crippen LogP contribution is 2.32. The number of nitrogens with one attached hydrogen (secondary N) is 3. The van der Waals surface area contributed by atoms with Crippen LogP contribution in [0.2, 0.25) is 0 Å². The second-order valence-electron chi connectivity index (χ2n) is 10.4. The van der Waals surface area contributed by atoms with Crippen molar-refractivity contribution in [3.8, 4) is 11.3 Å². The SMILES string of the molecule is Cc1scnc1-c1cc2cnc(Nc3ccc(N4CCNCC4)c(F)c3)nc2n(C2Cc3ccccc3NC2=O)c1=O. The summed E-state index contributed by atoms with van der Waals surface area (Å²) < 4.78 is 16.5. The van der Waals surface area contributed by atoms with Crippen molar-refractivity contribution in [3.05, 3.63) is 86.8 Å². The van der Waals surface area contributed by atoms with Gasteiger partial charge >= 0.3 is 0 Å². The van der Waals surface area contributed by atoms with E-state index in [4.69, 9.17) is 0 Å². The predicted molar refractivity (Wildman–Crippen MR) is 162 cm³/mol. The minimum absolute atomic E-state index is 0.180. The summed E-state index contributed by atoms with van der Waals surface area (Å²) in [6.07, 6.45) is 1.92. The Morgan fingerprint density at radius 3 is 2.69 bits per heavy atom. The van der Waals surface area contributed by atoms with Gasteiger partial charge in [-0.3, -0.25) is 14.2 Å². The highest BCUT2D eigenvalue weighted by Gasteiger charge is 2.31. The van der Waals surface area contributed by atoms with Gasteiger partial charge in [0.2, 0.25) is 11.9 Å². The molecule has 3 N–H and O–H groups in total. The van der Waals surface area contributed by atoms with Crippen LogP contribution in [0, 0.1) is 12.7 Å². The molecular formula is C30H27FN8O2S. The monoisotopic (exact) mass is 582 g/mol. The fourth-order valence-corrected chi connectivity index (χ4v) is 6.22. The highest BCUT2D eigenvalue weighted by molar-refractivity contribution is 7.10. The van der Waals surface area contributed by atoms with E-state index < -0.39 is 6.04 Å². The molecule has 0 radical (unpaired) electrons. The molecule has 1 fully saturated rings. The number of nitrogens with zero attached hydrogens (tertiary/aromatic N) is 5. The van der Waals surface area contributed by atoms with Crippen LogP contribution in [-0.2, 0) is 11.2 Å². The molecule has 12 heteroatoms. The first kappa shape index (κ1) is 26.2. The molecule has 0 spiro atoms. The van der Waals surface area contributed by atoms with E-state index in [-0.39, 0.29) is 23.2 Å². The standard InChI is InChI=1S/C30H27FN8O2S/c1-17-26(34-16-42-17)21-12-19-15-33-30(35-20-6-7-24(22(31)14-20)38-10-8-32-9-11-38)37-27(19)39(29(21)41)25-13-18-4-2-3-5-23(18)36-28(25)40/h2-7,12,14-16,25,32H,8-11,13H2,1H3,(H,36,40)(H,33,35,37). The van der Waals surface area contributed by atoms with E-state index in [0.717, 1.165) is 42.3 Å². The number of hydrogen-bond donors (Lipinski definition) is 3. The lowest BCUT2D eigenvalue weighted by Gasteiger charge is -2.29. The first-order valence-corrected chi connectivity index (χ1v) is 14.6. The highest BCUT2D eigenvalue weighted by atomic mass is 32.1. The first-order chi connectivity index (χ1) is 20.5. The number of aromatic nitrogens is 4. The molecular weight excluding hydrogens is 555 g/mol. The Morgan fingerprint density at radius 2 is 1.90 bits per heavy atom. The zero-order valence-electron chi connectivity index (χ0n) is 22.7. The van der Waals surface area contributed by atoms with Crippen molar-refractivity contribution in [1.29, 1.82) is 0 Å². The van der Waals surface area contributed by atoms with Crippen LogP contribution in [0.3, 0.4) is 0 Å². The average Bonchev–Trinajstić information content (AvgIpc) is 3.43. The second kappa shape index (κ2) is 10.6. The zero-order chi connectivity index (χ0) is 28.8. The molecule has 5 aromatic rings. The number of fused-ring (bicyclic) bond motifs is 2. The van der Waals surface area contributed by atoms with Gasteiger partial charge in [0, 0.05) is 60.4 Å². The van der Waals surface area contributed by atoms with Crippen LogP contribution < -0.4 is 26.4 Å². The number of anilines is 4. The minimum atomic E-state index is -0.840. The Balaban J connectivity index is 1.31. The molecule has 0 saturated carbocycles. The Labute approximate surface area is 244 Å². The number of aryl methyl sites for hydroxylation is 1. The van der Waals surface area contributed by atoms with E-state index in [1.54, 1.807) is 29.9 Å². The molecule has 1 saturated heterocycles. The van der Waals surface area contributed by atoms with Gasteiger partial charge in [-0.15, -0.1) is 11.3 Å². The Bertz CT molecular complexity index is 1900. The molecule has 1 amide bonds. The van der Waals surface area contributed by atoms with Crippen LogP contribution in [-0.4, -0.2) is 51.6 Å². The second-order valence-corrected chi connectivity index (χ2v) is 11.4. The molecule has 212 valence electrons. The summed E-state index contributed by atoms with van der Waals surface area (Å²) >= 11 is 1.44. The summed E-state index contributed by atoms with van der Waals surface area (Å²) in [5.74, 6) is -0.470. The van der Waals surface area contributed by atoms with E-state index in [1.807, 2.05) is 36.1 Å². The normalized spacial score (nSPS) is 16.8. The number of thiazole rings is 1. The van der Waals surface area contributed by atoms with Gasteiger partial charge in [0.25, 0.3) is 5.56 Å².